The zero-order valence-electron chi connectivity index (χ0n) is 37.9. The molecule has 0 amide bonds. The van der Waals surface area contributed by atoms with E-state index >= 15 is 0 Å². The summed E-state index contributed by atoms with van der Waals surface area (Å²) in [6.07, 6.45) is 36.4. The number of hydrogen-bond donors (Lipinski definition) is 0. The van der Waals surface area contributed by atoms with Crippen LogP contribution < -0.4 is 0 Å². The van der Waals surface area contributed by atoms with Crippen molar-refractivity contribution in [2.45, 2.75) is 247 Å². The fraction of sp³-hybridized carbons (Fsp3) is 0.917. The highest BCUT2D eigenvalue weighted by Crippen LogP contribution is 2.19. The summed E-state index contributed by atoms with van der Waals surface area (Å²) in [6, 6.07) is 0. The monoisotopic (exact) mass is 797 g/mol. The molecule has 0 bridgehead atoms. The predicted molar refractivity (Wildman–Crippen MR) is 233 cm³/mol. The Morgan fingerprint density at radius 2 is 0.571 bits per heavy atom. The molecule has 56 heavy (non-hydrogen) atoms. The zero-order chi connectivity index (χ0) is 41.7. The molecule has 8 heteroatoms. The lowest BCUT2D eigenvalue weighted by atomic mass is 9.97. The maximum Gasteiger partial charge on any atom is 0.305 e. The van der Waals surface area contributed by atoms with Crippen molar-refractivity contribution in [1.82, 2.24) is 0 Å². The van der Waals surface area contributed by atoms with Crippen molar-refractivity contribution in [3.05, 3.63) is 0 Å². The summed E-state index contributed by atoms with van der Waals surface area (Å²) in [4.78, 5) is 45.4. The van der Waals surface area contributed by atoms with Gasteiger partial charge >= 0.3 is 23.9 Å². The molecule has 0 aromatic heterocycles. The van der Waals surface area contributed by atoms with E-state index < -0.39 is 0 Å². The van der Waals surface area contributed by atoms with E-state index in [2.05, 4.69) is 13.8 Å². The normalized spacial score (nSPS) is 12.0. The standard InChI is InChI=1S/C25H48O4.C23H44O4/c1-4-21-28-24(26)18-16-14-12-10-8-6-7-9-11-13-15-17-23(3)19-20-25(27)29-22-5-2;1-4-26-22(24)18-16-14-12-10-8-6-7-9-11-13-15-17-21(3)19-20-23(25)27-5-2/h23H,4-22H2,1-3H3;21H,4-20H2,1-3H3. The van der Waals surface area contributed by atoms with Crippen molar-refractivity contribution in [2.24, 2.45) is 11.8 Å². The van der Waals surface area contributed by atoms with E-state index in [0.717, 1.165) is 51.4 Å². The number of carbonyl (C=O) groups is 4. The van der Waals surface area contributed by atoms with Gasteiger partial charge in [-0.3, -0.25) is 19.2 Å². The average Bonchev–Trinajstić information content (AvgIpc) is 3.18. The van der Waals surface area contributed by atoms with Crippen LogP contribution in [0.1, 0.15) is 247 Å². The van der Waals surface area contributed by atoms with E-state index in [4.69, 9.17) is 18.9 Å². The second kappa shape index (κ2) is 45.6. The van der Waals surface area contributed by atoms with Gasteiger partial charge < -0.3 is 18.9 Å². The zero-order valence-corrected chi connectivity index (χ0v) is 37.9. The third kappa shape index (κ3) is 46.3. The van der Waals surface area contributed by atoms with Crippen LogP contribution in [-0.4, -0.2) is 50.3 Å². The lowest BCUT2D eigenvalue weighted by molar-refractivity contribution is -0.144. The van der Waals surface area contributed by atoms with E-state index in [9.17, 15) is 19.2 Å². The molecular formula is C48H92O8. The maximum atomic E-state index is 11.5. The third-order valence-electron chi connectivity index (χ3n) is 10.4. The fourth-order valence-electron chi connectivity index (χ4n) is 6.77. The lowest BCUT2D eigenvalue weighted by Crippen LogP contribution is -2.07. The SMILES string of the molecule is CCCOC(=O)CCCCCCCCCCCCCC(C)CCC(=O)OCCC.CCOC(=O)CCCCCCCCCCCCCC(C)CCC(=O)OCC. The van der Waals surface area contributed by atoms with Crippen molar-refractivity contribution in [1.29, 1.82) is 0 Å². The number of rotatable bonds is 40. The van der Waals surface area contributed by atoms with Crippen LogP contribution in [0.4, 0.5) is 0 Å². The van der Waals surface area contributed by atoms with Gasteiger partial charge in [-0.1, -0.05) is 169 Å². The number of unbranched alkanes of at least 4 members (excludes halogenated alkanes) is 20. The highest BCUT2D eigenvalue weighted by Gasteiger charge is 2.09. The second-order valence-electron chi connectivity index (χ2n) is 16.2. The lowest BCUT2D eigenvalue weighted by Gasteiger charge is -2.10. The van der Waals surface area contributed by atoms with Gasteiger partial charge in [0.15, 0.2) is 0 Å². The van der Waals surface area contributed by atoms with Gasteiger partial charge in [0.1, 0.15) is 0 Å². The Balaban J connectivity index is 0. The first-order valence-corrected chi connectivity index (χ1v) is 23.8. The van der Waals surface area contributed by atoms with Crippen molar-refractivity contribution >= 4 is 23.9 Å². The summed E-state index contributed by atoms with van der Waals surface area (Å²) in [5.41, 5.74) is 0. The predicted octanol–water partition coefficient (Wildman–Crippen LogP) is 14.0. The largest absolute Gasteiger partial charge is 0.466 e. The minimum Gasteiger partial charge on any atom is -0.466 e. The first kappa shape index (κ1) is 56.0. The molecule has 2 atom stereocenters. The Kier molecular flexibility index (Phi) is 45.6. The first-order valence-electron chi connectivity index (χ1n) is 23.8. The molecule has 0 aromatic carbocycles. The van der Waals surface area contributed by atoms with E-state index in [1.54, 1.807) is 0 Å². The molecule has 0 N–H and O–H groups in total. The summed E-state index contributed by atoms with van der Waals surface area (Å²) in [7, 11) is 0. The van der Waals surface area contributed by atoms with Gasteiger partial charge in [-0.05, 0) is 64.2 Å². The Hall–Kier alpha value is -2.12. The third-order valence-corrected chi connectivity index (χ3v) is 10.4. The van der Waals surface area contributed by atoms with Gasteiger partial charge in [0, 0.05) is 25.7 Å². The topological polar surface area (TPSA) is 105 Å². The molecule has 0 aromatic rings. The van der Waals surface area contributed by atoms with E-state index in [1.165, 1.54) is 128 Å². The molecule has 0 saturated carbocycles. The van der Waals surface area contributed by atoms with E-state index in [0.29, 0.717) is 63.9 Å². The molecule has 0 aliphatic heterocycles. The van der Waals surface area contributed by atoms with Crippen molar-refractivity contribution in [3.63, 3.8) is 0 Å². The summed E-state index contributed by atoms with van der Waals surface area (Å²) in [6.45, 7) is 14.3. The van der Waals surface area contributed by atoms with E-state index in [1.807, 2.05) is 27.7 Å². The molecule has 2 unspecified atom stereocenters. The molecule has 8 nitrogen and oxygen atoms in total. The Bertz CT molecular complexity index is 875. The van der Waals surface area contributed by atoms with Gasteiger partial charge in [-0.25, -0.2) is 0 Å². The van der Waals surface area contributed by atoms with Crippen LogP contribution in [0.15, 0.2) is 0 Å². The second-order valence-corrected chi connectivity index (χ2v) is 16.2. The number of esters is 4. The molecule has 0 rings (SSSR count). The fourth-order valence-corrected chi connectivity index (χ4v) is 6.77. The quantitative estimate of drug-likeness (QED) is 0.0343. The molecule has 0 saturated heterocycles. The van der Waals surface area contributed by atoms with Crippen LogP contribution in [0.25, 0.3) is 0 Å². The van der Waals surface area contributed by atoms with Gasteiger partial charge in [0.25, 0.3) is 0 Å². The van der Waals surface area contributed by atoms with Gasteiger partial charge in [-0.2, -0.15) is 0 Å². The number of ether oxygens (including phenoxy) is 4. The molecule has 0 fully saturated rings. The van der Waals surface area contributed by atoms with Crippen LogP contribution >= 0.6 is 0 Å². The van der Waals surface area contributed by atoms with Gasteiger partial charge in [0.2, 0.25) is 0 Å². The van der Waals surface area contributed by atoms with Crippen LogP contribution in [0.2, 0.25) is 0 Å². The molecule has 0 spiro atoms. The minimum atomic E-state index is -0.0525. The minimum absolute atomic E-state index is 0.0317. The average molecular weight is 797 g/mol. The molecule has 0 heterocycles. The summed E-state index contributed by atoms with van der Waals surface area (Å²) < 4.78 is 20.1. The van der Waals surface area contributed by atoms with Crippen LogP contribution in [0.3, 0.4) is 0 Å². The molecule has 0 aliphatic rings. The van der Waals surface area contributed by atoms with Crippen molar-refractivity contribution in [3.8, 4) is 0 Å². The number of carbonyl (C=O) groups excluding carboxylic acids is 4. The van der Waals surface area contributed by atoms with E-state index in [-0.39, 0.29) is 23.9 Å². The summed E-state index contributed by atoms with van der Waals surface area (Å²) in [5.74, 6) is 1.08. The smallest absolute Gasteiger partial charge is 0.305 e. The molecule has 0 radical (unpaired) electrons. The summed E-state index contributed by atoms with van der Waals surface area (Å²) in [5, 5.41) is 0. The van der Waals surface area contributed by atoms with Crippen molar-refractivity contribution < 1.29 is 38.1 Å². The van der Waals surface area contributed by atoms with Crippen molar-refractivity contribution in [2.75, 3.05) is 26.4 Å². The molecular weight excluding hydrogens is 705 g/mol. The van der Waals surface area contributed by atoms with Gasteiger partial charge in [-0.15, -0.1) is 0 Å². The Labute approximate surface area is 346 Å². The van der Waals surface area contributed by atoms with Gasteiger partial charge in [0.05, 0.1) is 26.4 Å². The highest BCUT2D eigenvalue weighted by molar-refractivity contribution is 5.70. The first-order chi connectivity index (χ1) is 27.2. The number of hydrogen-bond acceptors (Lipinski definition) is 8. The summed E-state index contributed by atoms with van der Waals surface area (Å²) >= 11 is 0. The van der Waals surface area contributed by atoms with Crippen LogP contribution in [0, 0.1) is 11.8 Å². The maximum absolute atomic E-state index is 11.5. The van der Waals surface area contributed by atoms with Crippen LogP contribution in [-0.2, 0) is 38.1 Å². The highest BCUT2D eigenvalue weighted by atomic mass is 16.5. The van der Waals surface area contributed by atoms with Crippen LogP contribution in [0.5, 0.6) is 0 Å². The molecule has 0 aliphatic carbocycles. The molecule has 332 valence electrons. The Morgan fingerprint density at radius 1 is 0.321 bits per heavy atom. The Morgan fingerprint density at radius 3 is 0.875 bits per heavy atom.